The molecule has 2 rings (SSSR count). The van der Waals surface area contributed by atoms with Gasteiger partial charge in [-0.3, -0.25) is 9.59 Å². The maximum Gasteiger partial charge on any atom is 0.271 e. The van der Waals surface area contributed by atoms with Gasteiger partial charge in [-0.1, -0.05) is 26.8 Å². The molecule has 0 radical (unpaired) electrons. The Morgan fingerprint density at radius 1 is 1.26 bits per heavy atom. The molecule has 0 spiro atoms. The van der Waals surface area contributed by atoms with Gasteiger partial charge in [-0.25, -0.2) is 5.10 Å². The van der Waals surface area contributed by atoms with E-state index in [-0.39, 0.29) is 22.6 Å². The number of carbonyl (C=O) groups excluding carboxylic acids is 1. The van der Waals surface area contributed by atoms with Crippen LogP contribution in [0, 0.1) is 0 Å². The molecule has 1 heterocycles. The second-order valence-electron chi connectivity index (χ2n) is 6.27. The molecule has 6 nitrogen and oxygen atoms in total. The molecule has 0 unspecified atom stereocenters. The summed E-state index contributed by atoms with van der Waals surface area (Å²) in [6, 6.07) is 8.60. The zero-order valence-electron chi connectivity index (χ0n) is 13.8. The molecule has 1 aromatic heterocycles. The van der Waals surface area contributed by atoms with Crippen LogP contribution >= 0.6 is 0 Å². The monoisotopic (exact) mass is 315 g/mol. The Bertz CT molecular complexity index is 740. The van der Waals surface area contributed by atoms with Crippen LogP contribution in [0.5, 0.6) is 5.75 Å². The van der Waals surface area contributed by atoms with E-state index in [9.17, 15) is 9.59 Å². The van der Waals surface area contributed by atoms with Gasteiger partial charge in [-0.2, -0.15) is 5.10 Å². The lowest BCUT2D eigenvalue weighted by atomic mass is 9.86. The summed E-state index contributed by atoms with van der Waals surface area (Å²) in [7, 11) is 1.60. The number of rotatable bonds is 4. The van der Waals surface area contributed by atoms with Gasteiger partial charge in [0.25, 0.3) is 11.5 Å². The first kappa shape index (κ1) is 16.7. The Labute approximate surface area is 134 Å². The molecule has 0 aliphatic heterocycles. The summed E-state index contributed by atoms with van der Waals surface area (Å²) in [4.78, 5) is 23.0. The van der Waals surface area contributed by atoms with Crippen molar-refractivity contribution in [2.24, 2.45) is 0 Å². The van der Waals surface area contributed by atoms with E-state index in [1.165, 1.54) is 12.1 Å². The summed E-state index contributed by atoms with van der Waals surface area (Å²) < 4.78 is 5.35. The predicted molar refractivity (Wildman–Crippen MR) is 87.7 cm³/mol. The molecule has 0 aliphatic carbocycles. The lowest BCUT2D eigenvalue weighted by Gasteiger charge is -2.21. The third-order valence-electron chi connectivity index (χ3n) is 3.50. The van der Waals surface area contributed by atoms with Crippen LogP contribution in [0.4, 0.5) is 0 Å². The SMILES string of the molecule is COc1ccc(C(C)(C)C)cc1CNC(=O)c1ccc(=O)[nH]n1. The molecular formula is C17H21N3O3. The molecule has 122 valence electrons. The van der Waals surface area contributed by atoms with Gasteiger partial charge in [-0.15, -0.1) is 0 Å². The van der Waals surface area contributed by atoms with E-state index in [0.29, 0.717) is 12.3 Å². The highest BCUT2D eigenvalue weighted by atomic mass is 16.5. The first-order chi connectivity index (χ1) is 10.8. The van der Waals surface area contributed by atoms with E-state index in [4.69, 9.17) is 4.74 Å². The number of amides is 1. The maximum atomic E-state index is 12.1. The van der Waals surface area contributed by atoms with Crippen LogP contribution in [0.1, 0.15) is 42.4 Å². The van der Waals surface area contributed by atoms with Crippen molar-refractivity contribution < 1.29 is 9.53 Å². The lowest BCUT2D eigenvalue weighted by Crippen LogP contribution is -2.25. The van der Waals surface area contributed by atoms with Crippen molar-refractivity contribution in [1.29, 1.82) is 0 Å². The number of carbonyl (C=O) groups is 1. The third kappa shape index (κ3) is 4.18. The molecule has 0 fully saturated rings. The fourth-order valence-electron chi connectivity index (χ4n) is 2.12. The van der Waals surface area contributed by atoms with Crippen LogP contribution in [0.15, 0.2) is 35.1 Å². The Morgan fingerprint density at radius 3 is 2.57 bits per heavy atom. The Balaban J connectivity index is 2.17. The van der Waals surface area contributed by atoms with Crippen molar-refractivity contribution in [2.75, 3.05) is 7.11 Å². The van der Waals surface area contributed by atoms with Crippen LogP contribution in [0.25, 0.3) is 0 Å². The highest BCUT2D eigenvalue weighted by molar-refractivity contribution is 5.91. The zero-order chi connectivity index (χ0) is 17.0. The largest absolute Gasteiger partial charge is 0.496 e. The number of methoxy groups -OCH3 is 1. The van der Waals surface area contributed by atoms with Crippen molar-refractivity contribution in [1.82, 2.24) is 15.5 Å². The summed E-state index contributed by atoms with van der Waals surface area (Å²) in [6.07, 6.45) is 0. The van der Waals surface area contributed by atoms with E-state index >= 15 is 0 Å². The van der Waals surface area contributed by atoms with E-state index in [1.807, 2.05) is 18.2 Å². The zero-order valence-corrected chi connectivity index (χ0v) is 13.8. The van der Waals surface area contributed by atoms with Gasteiger partial charge in [0.05, 0.1) is 7.11 Å². The van der Waals surface area contributed by atoms with Crippen molar-refractivity contribution in [3.05, 3.63) is 57.5 Å². The van der Waals surface area contributed by atoms with Crippen LogP contribution in [-0.2, 0) is 12.0 Å². The molecule has 1 aromatic carbocycles. The van der Waals surface area contributed by atoms with Crippen LogP contribution in [0.3, 0.4) is 0 Å². The number of aromatic amines is 1. The molecule has 0 atom stereocenters. The lowest BCUT2D eigenvalue weighted by molar-refractivity contribution is 0.0944. The van der Waals surface area contributed by atoms with E-state index in [1.54, 1.807) is 7.11 Å². The Morgan fingerprint density at radius 2 is 2.00 bits per heavy atom. The number of nitrogens with one attached hydrogen (secondary N) is 2. The molecule has 2 N–H and O–H groups in total. The van der Waals surface area contributed by atoms with E-state index in [2.05, 4.69) is 36.3 Å². The van der Waals surface area contributed by atoms with Crippen LogP contribution < -0.4 is 15.6 Å². The van der Waals surface area contributed by atoms with Gasteiger partial charge >= 0.3 is 0 Å². The highest BCUT2D eigenvalue weighted by Gasteiger charge is 2.16. The number of H-pyrrole nitrogens is 1. The summed E-state index contributed by atoms with van der Waals surface area (Å²) in [5, 5.41) is 8.73. The topological polar surface area (TPSA) is 84.1 Å². The Hall–Kier alpha value is -2.63. The minimum atomic E-state index is -0.357. The van der Waals surface area contributed by atoms with Crippen molar-refractivity contribution in [3.8, 4) is 5.75 Å². The van der Waals surface area contributed by atoms with Crippen molar-refractivity contribution in [2.45, 2.75) is 32.7 Å². The van der Waals surface area contributed by atoms with E-state index in [0.717, 1.165) is 11.1 Å². The van der Waals surface area contributed by atoms with Crippen molar-refractivity contribution in [3.63, 3.8) is 0 Å². The molecule has 0 aliphatic rings. The molecule has 0 bridgehead atoms. The number of nitrogens with zero attached hydrogens (tertiary/aromatic N) is 1. The molecule has 0 saturated heterocycles. The molecule has 6 heteroatoms. The summed E-state index contributed by atoms with van der Waals surface area (Å²) in [6.45, 7) is 6.69. The number of benzene rings is 1. The minimum Gasteiger partial charge on any atom is -0.496 e. The minimum absolute atomic E-state index is 0.00546. The summed E-state index contributed by atoms with van der Waals surface area (Å²) in [5.74, 6) is 0.359. The standard InChI is InChI=1S/C17H21N3O3/c1-17(2,3)12-5-7-14(23-4)11(9-12)10-18-16(22)13-6-8-15(21)20-19-13/h5-9H,10H2,1-4H3,(H,18,22)(H,20,21). The molecule has 2 aromatic rings. The van der Waals surface area contributed by atoms with Crippen LogP contribution in [0.2, 0.25) is 0 Å². The first-order valence-electron chi connectivity index (χ1n) is 7.32. The quantitative estimate of drug-likeness (QED) is 0.904. The Kier molecular flexibility index (Phi) is 4.83. The average molecular weight is 315 g/mol. The number of aromatic nitrogens is 2. The number of hydrogen-bond acceptors (Lipinski definition) is 4. The van der Waals surface area contributed by atoms with E-state index < -0.39 is 0 Å². The fourth-order valence-corrected chi connectivity index (χ4v) is 2.12. The number of hydrogen-bond donors (Lipinski definition) is 2. The van der Waals surface area contributed by atoms with Gasteiger partial charge < -0.3 is 10.1 Å². The molecule has 1 amide bonds. The summed E-state index contributed by atoms with van der Waals surface area (Å²) in [5.41, 5.74) is 1.87. The molecule has 23 heavy (non-hydrogen) atoms. The summed E-state index contributed by atoms with van der Waals surface area (Å²) >= 11 is 0. The normalized spacial score (nSPS) is 11.1. The van der Waals surface area contributed by atoms with Crippen LogP contribution in [-0.4, -0.2) is 23.2 Å². The first-order valence-corrected chi connectivity index (χ1v) is 7.32. The fraction of sp³-hybridized carbons (Fsp3) is 0.353. The average Bonchev–Trinajstić information content (AvgIpc) is 2.52. The third-order valence-corrected chi connectivity index (χ3v) is 3.50. The van der Waals surface area contributed by atoms with Crippen molar-refractivity contribution >= 4 is 5.91 Å². The maximum absolute atomic E-state index is 12.1. The smallest absolute Gasteiger partial charge is 0.271 e. The van der Waals surface area contributed by atoms with Gasteiger partial charge in [0.15, 0.2) is 0 Å². The van der Waals surface area contributed by atoms with Gasteiger partial charge in [-0.05, 0) is 29.2 Å². The molecular weight excluding hydrogens is 294 g/mol. The highest BCUT2D eigenvalue weighted by Crippen LogP contribution is 2.27. The van der Waals surface area contributed by atoms with Gasteiger partial charge in [0, 0.05) is 18.2 Å². The van der Waals surface area contributed by atoms with Gasteiger partial charge in [0.1, 0.15) is 11.4 Å². The second kappa shape index (κ2) is 6.64. The number of ether oxygens (including phenoxy) is 1. The van der Waals surface area contributed by atoms with Gasteiger partial charge in [0.2, 0.25) is 0 Å². The second-order valence-corrected chi connectivity index (χ2v) is 6.27. The predicted octanol–water partition coefficient (Wildman–Crippen LogP) is 2.01. The molecule has 0 saturated carbocycles.